The Morgan fingerprint density at radius 1 is 1.03 bits per heavy atom. The second-order valence-corrected chi connectivity index (χ2v) is 7.29. The molecule has 6 nitrogen and oxygen atoms in total. The van der Waals surface area contributed by atoms with Gasteiger partial charge in [-0.15, -0.1) is 13.2 Å². The van der Waals surface area contributed by atoms with Gasteiger partial charge in [-0.05, 0) is 47.5 Å². The van der Waals surface area contributed by atoms with E-state index in [1.54, 1.807) is 24.3 Å². The number of carboxylic acid groups (broad SMARTS) is 1. The highest BCUT2D eigenvalue weighted by Crippen LogP contribution is 2.37. The Bertz CT molecular complexity index is 1170. The number of alkyl halides is 3. The first kappa shape index (κ1) is 24.8. The number of benzene rings is 3. The van der Waals surface area contributed by atoms with Gasteiger partial charge >= 0.3 is 12.3 Å². The predicted octanol–water partition coefficient (Wildman–Crippen LogP) is 5.45. The van der Waals surface area contributed by atoms with Crippen molar-refractivity contribution in [3.05, 3.63) is 77.6 Å². The third-order valence-corrected chi connectivity index (χ3v) is 4.82. The Labute approximate surface area is 192 Å². The van der Waals surface area contributed by atoms with Crippen molar-refractivity contribution in [2.75, 3.05) is 7.11 Å². The lowest BCUT2D eigenvalue weighted by atomic mass is 10.0. The Kier molecular flexibility index (Phi) is 7.62. The van der Waals surface area contributed by atoms with Crippen molar-refractivity contribution in [1.29, 1.82) is 0 Å². The van der Waals surface area contributed by atoms with E-state index in [1.165, 1.54) is 31.4 Å². The van der Waals surface area contributed by atoms with E-state index < -0.39 is 29.9 Å². The Morgan fingerprint density at radius 2 is 1.79 bits per heavy atom. The van der Waals surface area contributed by atoms with Gasteiger partial charge < -0.3 is 25.1 Å². The number of carbonyl (C=O) groups is 1. The molecule has 0 aliphatic heterocycles. The first-order chi connectivity index (χ1) is 16.1. The van der Waals surface area contributed by atoms with Gasteiger partial charge in [-0.1, -0.05) is 24.3 Å². The summed E-state index contributed by atoms with van der Waals surface area (Å²) >= 11 is 0. The van der Waals surface area contributed by atoms with Gasteiger partial charge in [0.1, 0.15) is 29.7 Å². The highest BCUT2D eigenvalue weighted by Gasteiger charge is 2.32. The fourth-order valence-electron chi connectivity index (χ4n) is 3.23. The van der Waals surface area contributed by atoms with Crippen molar-refractivity contribution < 1.29 is 41.7 Å². The molecule has 0 spiro atoms. The third-order valence-electron chi connectivity index (χ3n) is 4.82. The zero-order chi connectivity index (χ0) is 24.9. The van der Waals surface area contributed by atoms with Gasteiger partial charge in [-0.25, -0.2) is 4.39 Å². The second-order valence-electron chi connectivity index (χ2n) is 7.29. The molecular formula is C24H21F4NO5. The van der Waals surface area contributed by atoms with Crippen LogP contribution in [0.4, 0.5) is 17.6 Å². The standard InChI is InChI=1S/C24H21F4NO5/c1-32-16-6-8-20(25)19(11-16)18-7-5-14(9-22(18)34-24(26,27)28)13-33-17-4-2-3-15(10-17)21(29)12-23(30)31/h2-11,21H,12-13,29H2,1H3,(H,30,31)/t21-/m1/s1. The van der Waals surface area contributed by atoms with Crippen molar-refractivity contribution >= 4 is 5.97 Å². The minimum absolute atomic E-state index is 0.112. The minimum Gasteiger partial charge on any atom is -0.497 e. The van der Waals surface area contributed by atoms with E-state index in [9.17, 15) is 22.4 Å². The zero-order valence-electron chi connectivity index (χ0n) is 17.9. The maximum absolute atomic E-state index is 14.4. The molecule has 180 valence electrons. The molecule has 3 rings (SSSR count). The Hall–Kier alpha value is -3.79. The number of hydrogen-bond acceptors (Lipinski definition) is 5. The lowest BCUT2D eigenvalue weighted by Gasteiger charge is -2.16. The Balaban J connectivity index is 1.87. The normalized spacial score (nSPS) is 12.2. The van der Waals surface area contributed by atoms with Crippen molar-refractivity contribution in [3.63, 3.8) is 0 Å². The summed E-state index contributed by atoms with van der Waals surface area (Å²) in [5.41, 5.74) is 6.48. The van der Waals surface area contributed by atoms with Crippen LogP contribution in [0.15, 0.2) is 60.7 Å². The van der Waals surface area contributed by atoms with E-state index in [0.29, 0.717) is 16.9 Å². The summed E-state index contributed by atoms with van der Waals surface area (Å²) in [7, 11) is 1.36. The van der Waals surface area contributed by atoms with E-state index in [0.717, 1.165) is 12.1 Å². The average Bonchev–Trinajstić information content (AvgIpc) is 2.77. The molecule has 1 atom stereocenters. The smallest absolute Gasteiger partial charge is 0.497 e. The highest BCUT2D eigenvalue weighted by atomic mass is 19.4. The van der Waals surface area contributed by atoms with Crippen molar-refractivity contribution in [1.82, 2.24) is 0 Å². The summed E-state index contributed by atoms with van der Waals surface area (Å²) in [6.45, 7) is -0.132. The largest absolute Gasteiger partial charge is 0.573 e. The lowest BCUT2D eigenvalue weighted by molar-refractivity contribution is -0.274. The van der Waals surface area contributed by atoms with Crippen LogP contribution in [0, 0.1) is 5.82 Å². The molecule has 0 unspecified atom stereocenters. The van der Waals surface area contributed by atoms with E-state index in [4.69, 9.17) is 20.3 Å². The Morgan fingerprint density at radius 3 is 2.47 bits per heavy atom. The number of hydrogen-bond donors (Lipinski definition) is 2. The number of aliphatic carboxylic acids is 1. The van der Waals surface area contributed by atoms with Gasteiger partial charge in [0.25, 0.3) is 0 Å². The van der Waals surface area contributed by atoms with Crippen LogP contribution >= 0.6 is 0 Å². The molecule has 0 heterocycles. The fourth-order valence-corrected chi connectivity index (χ4v) is 3.23. The summed E-state index contributed by atoms with van der Waals surface area (Å²) in [5, 5.41) is 8.89. The van der Waals surface area contributed by atoms with Crippen LogP contribution in [0.3, 0.4) is 0 Å². The molecule has 0 fully saturated rings. The van der Waals surface area contributed by atoms with Gasteiger partial charge in [0, 0.05) is 17.2 Å². The number of methoxy groups -OCH3 is 1. The molecule has 34 heavy (non-hydrogen) atoms. The van der Waals surface area contributed by atoms with Crippen LogP contribution in [0.25, 0.3) is 11.1 Å². The molecule has 3 aromatic carbocycles. The van der Waals surface area contributed by atoms with E-state index in [-0.39, 0.29) is 29.9 Å². The van der Waals surface area contributed by atoms with Crippen molar-refractivity contribution in [2.45, 2.75) is 25.4 Å². The molecule has 0 aliphatic rings. The van der Waals surface area contributed by atoms with Crippen LogP contribution in [-0.2, 0) is 11.4 Å². The summed E-state index contributed by atoms with van der Waals surface area (Å²) in [6, 6.07) is 13.3. The third kappa shape index (κ3) is 6.61. The predicted molar refractivity (Wildman–Crippen MR) is 115 cm³/mol. The number of nitrogens with two attached hydrogens (primary N) is 1. The van der Waals surface area contributed by atoms with Crippen molar-refractivity contribution in [2.24, 2.45) is 5.73 Å². The van der Waals surface area contributed by atoms with Gasteiger partial charge in [-0.2, -0.15) is 0 Å². The van der Waals surface area contributed by atoms with Gasteiger partial charge in [0.2, 0.25) is 0 Å². The molecule has 0 saturated heterocycles. The molecule has 0 saturated carbocycles. The van der Waals surface area contributed by atoms with Gasteiger partial charge in [-0.3, -0.25) is 4.79 Å². The van der Waals surface area contributed by atoms with E-state index in [1.807, 2.05) is 0 Å². The molecule has 10 heteroatoms. The SMILES string of the molecule is COc1ccc(F)c(-c2ccc(COc3cccc([C@H](N)CC(=O)O)c3)cc2OC(F)(F)F)c1. The number of carboxylic acids is 1. The summed E-state index contributed by atoms with van der Waals surface area (Å²) < 4.78 is 68.4. The maximum atomic E-state index is 14.4. The molecule has 0 aliphatic carbocycles. The quantitative estimate of drug-likeness (QED) is 0.397. The summed E-state index contributed by atoms with van der Waals surface area (Å²) in [4.78, 5) is 10.9. The van der Waals surface area contributed by atoms with Crippen LogP contribution in [0.1, 0.15) is 23.6 Å². The molecule has 0 amide bonds. The monoisotopic (exact) mass is 479 g/mol. The topological polar surface area (TPSA) is 91.0 Å². The van der Waals surface area contributed by atoms with Crippen molar-refractivity contribution in [3.8, 4) is 28.4 Å². The van der Waals surface area contributed by atoms with Gasteiger partial charge in [0.15, 0.2) is 0 Å². The highest BCUT2D eigenvalue weighted by molar-refractivity contribution is 5.72. The first-order valence-electron chi connectivity index (χ1n) is 9.98. The fraction of sp³-hybridized carbons (Fsp3) is 0.208. The van der Waals surface area contributed by atoms with Crippen LogP contribution in [0.2, 0.25) is 0 Å². The van der Waals surface area contributed by atoms with Gasteiger partial charge in [0.05, 0.1) is 13.5 Å². The second kappa shape index (κ2) is 10.4. The zero-order valence-corrected chi connectivity index (χ0v) is 17.9. The summed E-state index contributed by atoms with van der Waals surface area (Å²) in [6.07, 6.45) is -5.28. The molecule has 3 N–H and O–H groups in total. The molecule has 0 radical (unpaired) electrons. The summed E-state index contributed by atoms with van der Waals surface area (Å²) in [5.74, 6) is -1.78. The number of ether oxygens (including phenoxy) is 3. The maximum Gasteiger partial charge on any atom is 0.573 e. The lowest BCUT2D eigenvalue weighted by Crippen LogP contribution is -2.18. The van der Waals surface area contributed by atoms with Crippen LogP contribution < -0.4 is 19.9 Å². The first-order valence-corrected chi connectivity index (χ1v) is 9.98. The molecule has 0 bridgehead atoms. The van der Waals surface area contributed by atoms with Crippen LogP contribution in [-0.4, -0.2) is 24.5 Å². The molecular weight excluding hydrogens is 458 g/mol. The van der Waals surface area contributed by atoms with Crippen LogP contribution in [0.5, 0.6) is 17.2 Å². The minimum atomic E-state index is -5.00. The van der Waals surface area contributed by atoms with E-state index in [2.05, 4.69) is 4.74 Å². The number of halogens is 4. The molecule has 3 aromatic rings. The average molecular weight is 479 g/mol. The van der Waals surface area contributed by atoms with E-state index >= 15 is 0 Å². The number of rotatable bonds is 9. The molecule has 0 aromatic heterocycles.